The van der Waals surface area contributed by atoms with Gasteiger partial charge in [0.15, 0.2) is 11.6 Å². The maximum Gasteiger partial charge on any atom is 0.255 e. The monoisotopic (exact) mass is 457 g/mol. The molecule has 1 aliphatic heterocycles. The normalized spacial score (nSPS) is 16.9. The maximum absolute atomic E-state index is 13.5. The minimum absolute atomic E-state index is 0.119. The Hall–Kier alpha value is -2.06. The number of nitrogens with one attached hydrogen (secondary N) is 1. The fourth-order valence-corrected chi connectivity index (χ4v) is 3.38. The van der Waals surface area contributed by atoms with E-state index in [1.165, 1.54) is 4.90 Å². The third-order valence-electron chi connectivity index (χ3n) is 4.30. The van der Waals surface area contributed by atoms with Crippen LogP contribution in [-0.4, -0.2) is 34.8 Å². The molecule has 1 fully saturated rings. The number of carbonyl (C=O) groups excluding carboxylic acids is 2. The van der Waals surface area contributed by atoms with Gasteiger partial charge in [-0.25, -0.2) is 13.8 Å². The molecule has 1 aliphatic rings. The number of likely N-dealkylation sites (tertiary alicyclic amines) is 1. The Labute approximate surface area is 167 Å². The molecule has 27 heavy (non-hydrogen) atoms. The lowest BCUT2D eigenvalue weighted by Crippen LogP contribution is -2.44. The van der Waals surface area contributed by atoms with Crippen LogP contribution in [-0.2, 0) is 4.79 Å². The number of aromatic nitrogens is 1. The van der Waals surface area contributed by atoms with Crippen LogP contribution in [0.3, 0.4) is 0 Å². The largest absolute Gasteiger partial charge is 0.338 e. The molecule has 0 bridgehead atoms. The number of pyridine rings is 1. The van der Waals surface area contributed by atoms with Crippen molar-refractivity contribution in [2.24, 2.45) is 5.92 Å². The van der Waals surface area contributed by atoms with Crippen molar-refractivity contribution in [3.8, 4) is 0 Å². The smallest absolute Gasteiger partial charge is 0.255 e. The van der Waals surface area contributed by atoms with Gasteiger partial charge in [0, 0.05) is 23.8 Å². The van der Waals surface area contributed by atoms with Crippen LogP contribution in [0.15, 0.2) is 34.9 Å². The number of halogens is 4. The Bertz CT molecular complexity index is 880. The summed E-state index contributed by atoms with van der Waals surface area (Å²) in [5.74, 6) is -3.06. The fourth-order valence-electron chi connectivity index (χ4n) is 2.91. The topological polar surface area (TPSA) is 62.3 Å². The molecule has 0 saturated carbocycles. The first-order chi connectivity index (χ1) is 12.8. The van der Waals surface area contributed by atoms with Gasteiger partial charge in [0.25, 0.3) is 5.91 Å². The Morgan fingerprint density at radius 3 is 2.70 bits per heavy atom. The molecular weight excluding hydrogens is 444 g/mol. The molecule has 1 atom stereocenters. The van der Waals surface area contributed by atoms with Crippen LogP contribution < -0.4 is 5.32 Å². The lowest BCUT2D eigenvalue weighted by Gasteiger charge is -2.32. The number of benzene rings is 1. The molecule has 0 spiro atoms. The van der Waals surface area contributed by atoms with Gasteiger partial charge in [-0.2, -0.15) is 0 Å². The highest BCUT2D eigenvalue weighted by Gasteiger charge is 2.30. The van der Waals surface area contributed by atoms with Gasteiger partial charge in [-0.3, -0.25) is 9.59 Å². The number of carbonyl (C=O) groups is 2. The molecule has 9 heteroatoms. The first kappa shape index (κ1) is 19.7. The van der Waals surface area contributed by atoms with Crippen molar-refractivity contribution in [2.45, 2.75) is 12.8 Å². The van der Waals surface area contributed by atoms with Gasteiger partial charge < -0.3 is 10.2 Å². The van der Waals surface area contributed by atoms with E-state index in [4.69, 9.17) is 11.6 Å². The van der Waals surface area contributed by atoms with Crippen molar-refractivity contribution in [3.05, 3.63) is 57.2 Å². The zero-order valence-electron chi connectivity index (χ0n) is 14.0. The number of nitrogens with zero attached hydrogens (tertiary/aromatic N) is 2. The van der Waals surface area contributed by atoms with Gasteiger partial charge in [0.2, 0.25) is 5.91 Å². The molecule has 1 aromatic carbocycles. The zero-order chi connectivity index (χ0) is 19.6. The molecule has 142 valence electrons. The number of piperidine rings is 1. The van der Waals surface area contributed by atoms with E-state index >= 15 is 0 Å². The quantitative estimate of drug-likeness (QED) is 0.699. The molecule has 2 aromatic rings. The third-order valence-corrected chi connectivity index (χ3v) is 5.08. The van der Waals surface area contributed by atoms with E-state index in [9.17, 15) is 18.4 Å². The van der Waals surface area contributed by atoms with Crippen molar-refractivity contribution in [3.63, 3.8) is 0 Å². The molecule has 5 nitrogen and oxygen atoms in total. The number of hydrogen-bond donors (Lipinski definition) is 1. The second-order valence-corrected chi connectivity index (χ2v) is 7.51. The summed E-state index contributed by atoms with van der Waals surface area (Å²) in [5, 5.41) is 2.56. The van der Waals surface area contributed by atoms with E-state index < -0.39 is 23.5 Å². The molecular formula is C18H15BrClF2N3O2. The Balaban J connectivity index is 1.70. The molecule has 2 amide bonds. The highest BCUT2D eigenvalue weighted by atomic mass is 79.9. The van der Waals surface area contributed by atoms with E-state index in [0.29, 0.717) is 25.2 Å². The minimum Gasteiger partial charge on any atom is -0.338 e. The van der Waals surface area contributed by atoms with E-state index in [0.717, 1.165) is 16.6 Å². The van der Waals surface area contributed by atoms with Gasteiger partial charge >= 0.3 is 0 Å². The van der Waals surface area contributed by atoms with Gasteiger partial charge in [-0.05, 0) is 53.0 Å². The highest BCUT2D eigenvalue weighted by molar-refractivity contribution is 9.10. The average Bonchev–Trinajstić information content (AvgIpc) is 2.66. The molecule has 3 rings (SSSR count). The van der Waals surface area contributed by atoms with Crippen LogP contribution in [0.5, 0.6) is 0 Å². The molecule has 1 N–H and O–H groups in total. The van der Waals surface area contributed by atoms with Crippen LogP contribution >= 0.6 is 27.5 Å². The van der Waals surface area contributed by atoms with Crippen molar-refractivity contribution in [1.82, 2.24) is 9.88 Å². The minimum atomic E-state index is -1.14. The predicted octanol–water partition coefficient (Wildman–Crippen LogP) is 4.27. The summed E-state index contributed by atoms with van der Waals surface area (Å²) in [5.41, 5.74) is -0.119. The third kappa shape index (κ3) is 4.62. The highest BCUT2D eigenvalue weighted by Crippen LogP contribution is 2.25. The van der Waals surface area contributed by atoms with E-state index in [1.807, 2.05) is 0 Å². The number of hydrogen-bond acceptors (Lipinski definition) is 3. The summed E-state index contributed by atoms with van der Waals surface area (Å²) in [4.78, 5) is 30.7. The molecule has 2 heterocycles. The van der Waals surface area contributed by atoms with Crippen LogP contribution in [0.1, 0.15) is 23.2 Å². The molecule has 0 aliphatic carbocycles. The fraction of sp³-hybridized carbons (Fsp3) is 0.278. The van der Waals surface area contributed by atoms with Gasteiger partial charge in [0.1, 0.15) is 5.82 Å². The maximum atomic E-state index is 13.5. The van der Waals surface area contributed by atoms with E-state index in [-0.39, 0.29) is 23.0 Å². The molecule has 0 radical (unpaired) electrons. The predicted molar refractivity (Wildman–Crippen MR) is 101 cm³/mol. The molecule has 1 unspecified atom stereocenters. The number of anilines is 1. The van der Waals surface area contributed by atoms with Crippen molar-refractivity contribution >= 4 is 45.2 Å². The standard InChI is InChI=1S/C18H15BrClF2N3O2/c19-11-3-4-16(23-8-11)24-17(26)10-2-1-5-25(9-10)18(27)12-6-14(21)15(22)7-13(12)20/h3-4,6-8,10H,1-2,5,9H2,(H,23,24,26). The summed E-state index contributed by atoms with van der Waals surface area (Å²) in [7, 11) is 0. The number of rotatable bonds is 3. The summed E-state index contributed by atoms with van der Waals surface area (Å²) >= 11 is 9.16. The first-order valence-electron chi connectivity index (χ1n) is 8.21. The van der Waals surface area contributed by atoms with E-state index in [1.54, 1.807) is 18.3 Å². The van der Waals surface area contributed by atoms with Crippen molar-refractivity contribution in [2.75, 3.05) is 18.4 Å². The summed E-state index contributed by atoms with van der Waals surface area (Å²) < 4.78 is 27.5. The van der Waals surface area contributed by atoms with Crippen LogP contribution in [0.2, 0.25) is 5.02 Å². The second kappa shape index (κ2) is 8.31. The molecule has 1 saturated heterocycles. The van der Waals surface area contributed by atoms with Crippen LogP contribution in [0.25, 0.3) is 0 Å². The van der Waals surface area contributed by atoms with Gasteiger partial charge in [-0.15, -0.1) is 0 Å². The average molecular weight is 459 g/mol. The first-order valence-corrected chi connectivity index (χ1v) is 9.38. The summed E-state index contributed by atoms with van der Waals surface area (Å²) in [6, 6.07) is 4.98. The van der Waals surface area contributed by atoms with Crippen molar-refractivity contribution in [1.29, 1.82) is 0 Å². The zero-order valence-corrected chi connectivity index (χ0v) is 16.4. The summed E-state index contributed by atoms with van der Waals surface area (Å²) in [6.45, 7) is 0.574. The van der Waals surface area contributed by atoms with Gasteiger partial charge in [0.05, 0.1) is 16.5 Å². The lowest BCUT2D eigenvalue weighted by molar-refractivity contribution is -0.121. The second-order valence-electron chi connectivity index (χ2n) is 6.19. The molecule has 1 aromatic heterocycles. The van der Waals surface area contributed by atoms with E-state index in [2.05, 4.69) is 26.2 Å². The van der Waals surface area contributed by atoms with Gasteiger partial charge in [-0.1, -0.05) is 11.6 Å². The summed E-state index contributed by atoms with van der Waals surface area (Å²) in [6.07, 6.45) is 2.79. The van der Waals surface area contributed by atoms with Crippen LogP contribution in [0.4, 0.5) is 14.6 Å². The van der Waals surface area contributed by atoms with Crippen LogP contribution in [0, 0.1) is 17.6 Å². The SMILES string of the molecule is O=C(Nc1ccc(Br)cn1)C1CCCN(C(=O)c2cc(F)c(F)cc2Cl)C1. The Morgan fingerprint density at radius 1 is 1.26 bits per heavy atom. The Kier molecular flexibility index (Phi) is 6.06. The Morgan fingerprint density at radius 2 is 2.00 bits per heavy atom. The lowest BCUT2D eigenvalue weighted by atomic mass is 9.96. The number of amides is 2. The van der Waals surface area contributed by atoms with Crippen molar-refractivity contribution < 1.29 is 18.4 Å².